The third-order valence-electron chi connectivity index (χ3n) is 4.32. The number of hydrogen-bond acceptors (Lipinski definition) is 2. The molecule has 0 aliphatic carbocycles. The largest absolute Gasteiger partial charge is 0.355 e. The number of hydrogen-bond donors (Lipinski definition) is 1. The second-order valence-corrected chi connectivity index (χ2v) is 7.25. The lowest BCUT2D eigenvalue weighted by Gasteiger charge is -2.48. The quantitative estimate of drug-likeness (QED) is 0.788. The van der Waals surface area contributed by atoms with Crippen molar-refractivity contribution in [3.63, 3.8) is 0 Å². The smallest absolute Gasteiger partial charge is 0.220 e. The van der Waals surface area contributed by atoms with Gasteiger partial charge in [0.2, 0.25) is 5.91 Å². The summed E-state index contributed by atoms with van der Waals surface area (Å²) in [6.45, 7) is 9.22. The van der Waals surface area contributed by atoms with Gasteiger partial charge in [0.05, 0.1) is 0 Å². The van der Waals surface area contributed by atoms with E-state index in [9.17, 15) is 4.79 Å². The van der Waals surface area contributed by atoms with Crippen LogP contribution in [0.15, 0.2) is 0 Å². The molecule has 3 heterocycles. The summed E-state index contributed by atoms with van der Waals surface area (Å²) in [4.78, 5) is 14.3. The summed E-state index contributed by atoms with van der Waals surface area (Å²) in [7, 11) is 0. The summed E-state index contributed by atoms with van der Waals surface area (Å²) in [5.74, 6) is 4.19. The molecule has 3 fully saturated rings. The van der Waals surface area contributed by atoms with E-state index < -0.39 is 0 Å². The van der Waals surface area contributed by atoms with Gasteiger partial charge < -0.3 is 5.32 Å². The maximum atomic E-state index is 11.9. The second-order valence-electron chi connectivity index (χ2n) is 7.25. The van der Waals surface area contributed by atoms with E-state index in [-0.39, 0.29) is 11.3 Å². The van der Waals surface area contributed by atoms with E-state index in [4.69, 9.17) is 6.42 Å². The number of terminal acetylenes is 1. The Bertz CT molecular complexity index is 377. The van der Waals surface area contributed by atoms with E-state index in [1.165, 1.54) is 6.42 Å². The monoisotopic (exact) mass is 262 g/mol. The highest BCUT2D eigenvalue weighted by Crippen LogP contribution is 2.35. The minimum absolute atomic E-state index is 0.0600. The van der Waals surface area contributed by atoms with Gasteiger partial charge in [0.1, 0.15) is 0 Å². The first kappa shape index (κ1) is 14.4. The maximum absolute atomic E-state index is 11.9. The van der Waals surface area contributed by atoms with E-state index in [1.807, 2.05) is 0 Å². The Hall–Kier alpha value is -1.01. The highest BCUT2D eigenvalue weighted by Gasteiger charge is 2.39. The molecule has 4 atom stereocenters. The highest BCUT2D eigenvalue weighted by molar-refractivity contribution is 5.76. The minimum Gasteiger partial charge on any atom is -0.355 e. The third kappa shape index (κ3) is 3.73. The van der Waals surface area contributed by atoms with Crippen LogP contribution in [-0.4, -0.2) is 36.5 Å². The Balaban J connectivity index is 1.79. The molecule has 0 aromatic carbocycles. The molecule has 0 aromatic rings. The zero-order valence-electron chi connectivity index (χ0n) is 12.4. The fourth-order valence-electron chi connectivity index (χ4n) is 3.32. The Morgan fingerprint density at radius 2 is 2.21 bits per heavy atom. The highest BCUT2D eigenvalue weighted by atomic mass is 16.1. The summed E-state index contributed by atoms with van der Waals surface area (Å²) in [6.07, 6.45) is 8.54. The molecule has 0 aromatic heterocycles. The van der Waals surface area contributed by atoms with E-state index in [2.05, 4.69) is 36.9 Å². The third-order valence-corrected chi connectivity index (χ3v) is 4.32. The second kappa shape index (κ2) is 5.54. The predicted molar refractivity (Wildman–Crippen MR) is 77.5 cm³/mol. The van der Waals surface area contributed by atoms with Gasteiger partial charge in [0.15, 0.2) is 0 Å². The van der Waals surface area contributed by atoms with Gasteiger partial charge in [-0.15, -0.1) is 12.3 Å². The number of nitrogens with one attached hydrogen (secondary N) is 1. The fraction of sp³-hybridized carbons (Fsp3) is 0.812. The van der Waals surface area contributed by atoms with Crippen LogP contribution in [0.5, 0.6) is 0 Å². The van der Waals surface area contributed by atoms with Crippen LogP contribution in [0.3, 0.4) is 0 Å². The molecule has 3 saturated heterocycles. The average Bonchev–Trinajstić information content (AvgIpc) is 2.35. The molecule has 1 N–H and O–H groups in total. The topological polar surface area (TPSA) is 32.3 Å². The zero-order chi connectivity index (χ0) is 14.0. The summed E-state index contributed by atoms with van der Waals surface area (Å²) >= 11 is 0. The molecule has 3 aliphatic heterocycles. The van der Waals surface area contributed by atoms with Crippen LogP contribution in [-0.2, 0) is 4.79 Å². The number of carbonyl (C=O) groups is 1. The Morgan fingerprint density at radius 1 is 1.47 bits per heavy atom. The Labute approximate surface area is 117 Å². The van der Waals surface area contributed by atoms with Crippen molar-refractivity contribution >= 4 is 5.91 Å². The van der Waals surface area contributed by atoms with E-state index >= 15 is 0 Å². The number of rotatable bonds is 3. The van der Waals surface area contributed by atoms with Gasteiger partial charge in [-0.2, -0.15) is 0 Å². The summed E-state index contributed by atoms with van der Waals surface area (Å²) < 4.78 is 0. The average molecular weight is 262 g/mol. The summed E-state index contributed by atoms with van der Waals surface area (Å²) in [5.41, 5.74) is 0.0600. The van der Waals surface area contributed by atoms with E-state index in [1.54, 1.807) is 0 Å². The lowest BCUT2D eigenvalue weighted by atomic mass is 9.76. The minimum atomic E-state index is 0.0600. The molecular weight excluding hydrogens is 236 g/mol. The van der Waals surface area contributed by atoms with E-state index in [0.717, 1.165) is 26.1 Å². The Kier molecular flexibility index (Phi) is 4.20. The van der Waals surface area contributed by atoms with Crippen molar-refractivity contribution in [2.24, 2.45) is 17.3 Å². The predicted octanol–water partition coefficient (Wildman–Crippen LogP) is 1.88. The molecular formula is C16H26N2O. The van der Waals surface area contributed by atoms with Crippen LogP contribution in [0.25, 0.3) is 0 Å². The van der Waals surface area contributed by atoms with Gasteiger partial charge in [-0.1, -0.05) is 20.8 Å². The molecule has 3 aliphatic rings. The molecule has 3 rings (SSSR count). The number of amides is 1. The SMILES string of the molecule is C#C[C@H]1CN2CC[C@H]1C[C@@H]2CNC(=O)CC(C)(C)C. The molecule has 3 nitrogen and oxygen atoms in total. The van der Waals surface area contributed by atoms with Crippen molar-refractivity contribution in [1.82, 2.24) is 10.2 Å². The standard InChI is InChI=1S/C16H26N2O/c1-5-12-11-18-7-6-13(12)8-14(18)10-17-15(19)9-16(2,3)4/h1,12-14H,6-11H2,2-4H3,(H,17,19)/t12-,13-,14+/m0/s1. The van der Waals surface area contributed by atoms with Gasteiger partial charge in [0, 0.05) is 31.5 Å². The van der Waals surface area contributed by atoms with Crippen LogP contribution in [0.1, 0.15) is 40.0 Å². The van der Waals surface area contributed by atoms with Crippen LogP contribution < -0.4 is 5.32 Å². The van der Waals surface area contributed by atoms with Gasteiger partial charge >= 0.3 is 0 Å². The molecule has 1 unspecified atom stereocenters. The first-order chi connectivity index (χ1) is 8.89. The number of carbonyl (C=O) groups excluding carboxylic acids is 1. The Morgan fingerprint density at radius 3 is 2.74 bits per heavy atom. The first-order valence-electron chi connectivity index (χ1n) is 7.36. The molecule has 106 valence electrons. The van der Waals surface area contributed by atoms with Crippen molar-refractivity contribution in [2.45, 2.75) is 46.1 Å². The first-order valence-corrected chi connectivity index (χ1v) is 7.36. The van der Waals surface area contributed by atoms with Crippen LogP contribution >= 0.6 is 0 Å². The van der Waals surface area contributed by atoms with Gasteiger partial charge in [-0.25, -0.2) is 0 Å². The van der Waals surface area contributed by atoms with Crippen LogP contribution in [0, 0.1) is 29.6 Å². The molecule has 19 heavy (non-hydrogen) atoms. The lowest BCUT2D eigenvalue weighted by Crippen LogP contribution is -2.56. The molecule has 1 amide bonds. The fourth-order valence-corrected chi connectivity index (χ4v) is 3.32. The molecule has 0 spiro atoms. The van der Waals surface area contributed by atoms with Crippen LogP contribution in [0.4, 0.5) is 0 Å². The van der Waals surface area contributed by atoms with Gasteiger partial charge in [-0.3, -0.25) is 9.69 Å². The van der Waals surface area contributed by atoms with Crippen LogP contribution in [0.2, 0.25) is 0 Å². The molecule has 0 radical (unpaired) electrons. The van der Waals surface area contributed by atoms with Crippen molar-refractivity contribution in [3.05, 3.63) is 0 Å². The number of nitrogens with zero attached hydrogens (tertiary/aromatic N) is 1. The van der Waals surface area contributed by atoms with Crippen molar-refractivity contribution in [2.75, 3.05) is 19.6 Å². The zero-order valence-corrected chi connectivity index (χ0v) is 12.4. The summed E-state index contributed by atoms with van der Waals surface area (Å²) in [5, 5.41) is 3.09. The van der Waals surface area contributed by atoms with Gasteiger partial charge in [0.25, 0.3) is 0 Å². The van der Waals surface area contributed by atoms with Crippen molar-refractivity contribution in [1.29, 1.82) is 0 Å². The van der Waals surface area contributed by atoms with Crippen molar-refractivity contribution in [3.8, 4) is 12.3 Å². The number of piperidine rings is 3. The lowest BCUT2D eigenvalue weighted by molar-refractivity contribution is -0.123. The summed E-state index contributed by atoms with van der Waals surface area (Å²) in [6, 6.07) is 0.493. The van der Waals surface area contributed by atoms with Gasteiger partial charge in [-0.05, 0) is 30.7 Å². The number of fused-ring (bicyclic) bond motifs is 3. The van der Waals surface area contributed by atoms with E-state index in [0.29, 0.717) is 24.3 Å². The normalized spacial score (nSPS) is 33.8. The molecule has 3 heteroatoms. The van der Waals surface area contributed by atoms with Crippen molar-refractivity contribution < 1.29 is 4.79 Å². The molecule has 2 bridgehead atoms. The molecule has 0 saturated carbocycles. The maximum Gasteiger partial charge on any atom is 0.220 e.